The maximum Gasteiger partial charge on any atom is 0.540 e. The summed E-state index contributed by atoms with van der Waals surface area (Å²) in [5, 5.41) is 16.1. The van der Waals surface area contributed by atoms with Gasteiger partial charge in [0.2, 0.25) is 0 Å². The average Bonchev–Trinajstić information content (AvgIpc) is 1.66. The molecule has 0 heterocycles. The Morgan fingerprint density at radius 2 is 2.25 bits per heavy atom. The second-order valence-corrected chi connectivity index (χ2v) is 1.03. The molecule has 0 aliphatic heterocycles. The third-order valence-corrected chi connectivity index (χ3v) is 0.460. The van der Waals surface area contributed by atoms with Gasteiger partial charge in [-0.3, -0.25) is 0 Å². The fourth-order valence-electron chi connectivity index (χ4n) is 0.186. The molecule has 2 nitrogen and oxygen atoms in total. The zero-order valence-electron chi connectivity index (χ0n) is 4.31. The van der Waals surface area contributed by atoms with E-state index in [2.05, 4.69) is 24.5 Å². The molecule has 0 aliphatic rings. The first kappa shape index (κ1) is 6.68. The number of hydrogen-bond acceptors (Lipinski definition) is 2. The summed E-state index contributed by atoms with van der Waals surface area (Å²) in [4.78, 5) is 0. The van der Waals surface area contributed by atoms with Crippen LogP contribution < -0.4 is 0 Å². The van der Waals surface area contributed by atoms with Crippen LogP contribution in [0.1, 0.15) is 6.42 Å². The molecule has 0 amide bonds. The van der Waals surface area contributed by atoms with Crippen LogP contribution in [0.2, 0.25) is 0 Å². The molecule has 0 saturated heterocycles. The van der Waals surface area contributed by atoms with Crippen LogP contribution >= 0.6 is 0 Å². The lowest BCUT2D eigenvalue weighted by Gasteiger charge is -1.61. The quantitative estimate of drug-likeness (QED) is 0.319. The highest BCUT2D eigenvalue weighted by Crippen LogP contribution is 1.83. The van der Waals surface area contributed by atoms with Crippen molar-refractivity contribution in [2.75, 3.05) is 0 Å². The third-order valence-electron chi connectivity index (χ3n) is 0.460. The van der Waals surface area contributed by atoms with Crippen molar-refractivity contribution in [3.8, 4) is 0 Å². The van der Waals surface area contributed by atoms with Crippen LogP contribution in [0.15, 0.2) is 18.3 Å². The number of rotatable bonds is 2. The van der Waals surface area contributed by atoms with Gasteiger partial charge in [0.1, 0.15) is 5.73 Å². The smallest absolute Gasteiger partial charge is 0.440 e. The molecule has 0 aromatic carbocycles. The first-order chi connectivity index (χ1) is 3.77. The molecule has 2 N–H and O–H groups in total. The van der Waals surface area contributed by atoms with Crippen molar-refractivity contribution in [2.45, 2.75) is 6.42 Å². The van der Waals surface area contributed by atoms with Crippen LogP contribution in [0.3, 0.4) is 0 Å². The van der Waals surface area contributed by atoms with E-state index in [-0.39, 0.29) is 6.42 Å². The van der Waals surface area contributed by atoms with E-state index in [4.69, 9.17) is 10.2 Å². The molecule has 0 rings (SSSR count). The number of aliphatic hydroxyl groups excluding tert-OH is 1. The molecule has 0 aromatic rings. The fraction of sp³-hybridized carbons (Fsp3) is 0.167. The molecule has 0 spiro atoms. The van der Waals surface area contributed by atoms with Crippen molar-refractivity contribution in [3.05, 3.63) is 30.4 Å². The molecule has 0 bridgehead atoms. The minimum atomic E-state index is -0.812. The van der Waals surface area contributed by atoms with Crippen LogP contribution in [0.5, 0.6) is 0 Å². The number of aliphatic hydroxyl groups is 2. The summed E-state index contributed by atoms with van der Waals surface area (Å²) in [7, 11) is 0. The van der Waals surface area contributed by atoms with Crippen molar-refractivity contribution in [2.24, 2.45) is 0 Å². The summed E-state index contributed by atoms with van der Waals surface area (Å²) in [5.41, 5.74) is 2.33. The van der Waals surface area contributed by atoms with Crippen molar-refractivity contribution < 1.29 is 10.2 Å². The van der Waals surface area contributed by atoms with Crippen LogP contribution in [-0.4, -0.2) is 10.2 Å². The van der Waals surface area contributed by atoms with E-state index < -0.39 is 5.95 Å². The van der Waals surface area contributed by atoms with E-state index in [0.717, 1.165) is 0 Å². The molecule has 0 saturated carbocycles. The maximum atomic E-state index is 8.05. The number of allylic oxidation sites excluding steroid dienone is 2. The van der Waals surface area contributed by atoms with Crippen molar-refractivity contribution in [1.29, 1.82) is 0 Å². The summed E-state index contributed by atoms with van der Waals surface area (Å²) in [6, 6.07) is 0. The van der Waals surface area contributed by atoms with Gasteiger partial charge in [0, 0.05) is 0 Å². The van der Waals surface area contributed by atoms with Gasteiger partial charge in [-0.25, -0.2) is 0 Å². The lowest BCUT2D eigenvalue weighted by atomic mass is 10.4. The van der Waals surface area contributed by atoms with Crippen LogP contribution in [0.25, 0.3) is 0 Å². The Morgan fingerprint density at radius 1 is 1.62 bits per heavy atom. The van der Waals surface area contributed by atoms with E-state index in [0.29, 0.717) is 0 Å². The Morgan fingerprint density at radius 3 is 2.62 bits per heavy atom. The Labute approximate surface area is 48.1 Å². The standard InChI is InChI=1S/C6H4O2/c1-2-3-4-5-6(7)8/h1,4H2/p+2. The summed E-state index contributed by atoms with van der Waals surface area (Å²) in [6.45, 7) is 3.21. The molecule has 40 valence electrons. The number of hydrogen-bond donors (Lipinski definition) is 2. The molecule has 2 heteroatoms. The molecule has 0 fully saturated rings. The fourth-order valence-corrected chi connectivity index (χ4v) is 0.186. The van der Waals surface area contributed by atoms with Crippen LogP contribution in [0.4, 0.5) is 0 Å². The van der Waals surface area contributed by atoms with Gasteiger partial charge in [-0.05, 0) is 0 Å². The van der Waals surface area contributed by atoms with Gasteiger partial charge in [-0.15, -0.1) is 0 Å². The summed E-state index contributed by atoms with van der Waals surface area (Å²) in [6.07, 6.45) is 4.84. The van der Waals surface area contributed by atoms with E-state index in [1.54, 1.807) is 0 Å². The molecular formula is C6H6O2+2. The molecular weight excluding hydrogens is 104 g/mol. The van der Waals surface area contributed by atoms with E-state index >= 15 is 0 Å². The monoisotopic (exact) mass is 110 g/mol. The Bertz CT molecular complexity index is 125. The predicted octanol–water partition coefficient (Wildman–Crippen LogP) is 1.28. The highest BCUT2D eigenvalue weighted by atomic mass is 16.5. The van der Waals surface area contributed by atoms with Gasteiger partial charge in [0.15, 0.2) is 6.08 Å². The highest BCUT2D eigenvalue weighted by Gasteiger charge is 2.03. The predicted molar refractivity (Wildman–Crippen MR) is 29.0 cm³/mol. The van der Waals surface area contributed by atoms with Gasteiger partial charge < -0.3 is 10.2 Å². The van der Waals surface area contributed by atoms with Gasteiger partial charge in [-0.1, -0.05) is 0 Å². The second kappa shape index (κ2) is 3.86. The molecule has 8 heavy (non-hydrogen) atoms. The molecule has 0 aliphatic carbocycles. The molecule has 0 radical (unpaired) electrons. The zero-order chi connectivity index (χ0) is 6.41. The normalized spacial score (nSPS) is 6.00. The van der Waals surface area contributed by atoms with Crippen molar-refractivity contribution in [1.82, 2.24) is 0 Å². The Balaban J connectivity index is 3.44. The van der Waals surface area contributed by atoms with E-state index in [1.165, 1.54) is 0 Å². The van der Waals surface area contributed by atoms with Crippen LogP contribution in [0, 0.1) is 12.2 Å². The zero-order valence-corrected chi connectivity index (χ0v) is 4.31. The summed E-state index contributed by atoms with van der Waals surface area (Å²) in [5.74, 6) is -0.812. The van der Waals surface area contributed by atoms with Gasteiger partial charge >= 0.3 is 18.4 Å². The average molecular weight is 110 g/mol. The second-order valence-electron chi connectivity index (χ2n) is 1.03. The minimum absolute atomic E-state index is 0.214. The topological polar surface area (TPSA) is 40.5 Å². The SMILES string of the molecule is C=C=[C+]C[C+]=C(O)O. The summed E-state index contributed by atoms with van der Waals surface area (Å²) < 4.78 is 0. The van der Waals surface area contributed by atoms with E-state index in [1.807, 2.05) is 0 Å². The highest BCUT2D eigenvalue weighted by molar-refractivity contribution is 4.77. The first-order valence-electron chi connectivity index (χ1n) is 2.01. The molecule has 0 aromatic heterocycles. The third kappa shape index (κ3) is 4.68. The van der Waals surface area contributed by atoms with Gasteiger partial charge in [-0.2, -0.15) is 0 Å². The molecule has 0 atom stereocenters. The van der Waals surface area contributed by atoms with E-state index in [9.17, 15) is 0 Å². The minimum Gasteiger partial charge on any atom is -0.440 e. The van der Waals surface area contributed by atoms with Crippen LogP contribution in [-0.2, 0) is 0 Å². The largest absolute Gasteiger partial charge is 0.540 e. The van der Waals surface area contributed by atoms with Gasteiger partial charge in [0.05, 0.1) is 6.58 Å². The lowest BCUT2D eigenvalue weighted by molar-refractivity contribution is 0.186. The lowest BCUT2D eigenvalue weighted by Crippen LogP contribution is -1.73. The Kier molecular flexibility index (Phi) is 3.22. The van der Waals surface area contributed by atoms with Crippen molar-refractivity contribution in [3.63, 3.8) is 0 Å². The maximum absolute atomic E-state index is 8.05. The van der Waals surface area contributed by atoms with Gasteiger partial charge in [0.25, 0.3) is 0 Å². The first-order valence-corrected chi connectivity index (χ1v) is 2.01. The summed E-state index contributed by atoms with van der Waals surface area (Å²) >= 11 is 0. The molecule has 0 unspecified atom stereocenters. The Hall–Kier alpha value is -1.32. The van der Waals surface area contributed by atoms with Crippen molar-refractivity contribution >= 4 is 0 Å².